The van der Waals surface area contributed by atoms with Gasteiger partial charge in [0.15, 0.2) is 0 Å². The number of nitrogens with zero attached hydrogens (tertiary/aromatic N) is 1. The molecule has 0 unspecified atom stereocenters. The number of carbonyl (C=O) groups is 3. The topological polar surface area (TPSA) is 87.7 Å². The number of nitrogens with one attached hydrogen (secondary N) is 2. The number of halogens is 4. The van der Waals surface area contributed by atoms with Crippen LogP contribution < -0.4 is 20.3 Å². The maximum absolute atomic E-state index is 13.3. The Kier molecular flexibility index (Phi) is 7.21. The summed E-state index contributed by atoms with van der Waals surface area (Å²) in [7, 11) is 0. The summed E-state index contributed by atoms with van der Waals surface area (Å²) in [6, 6.07) is 16.6. The lowest BCUT2D eigenvalue weighted by atomic mass is 10.1. The first-order chi connectivity index (χ1) is 17.6. The number of alkyl halides is 3. The second-order valence-electron chi connectivity index (χ2n) is 7.76. The van der Waals surface area contributed by atoms with Crippen molar-refractivity contribution < 1.29 is 32.3 Å². The van der Waals surface area contributed by atoms with Crippen molar-refractivity contribution in [3.05, 3.63) is 94.7 Å². The molecule has 1 aliphatic heterocycles. The Balaban J connectivity index is 1.53. The molecule has 2 N–H and O–H groups in total. The van der Waals surface area contributed by atoms with Gasteiger partial charge in [-0.15, -0.1) is 0 Å². The first kappa shape index (κ1) is 25.8. The highest BCUT2D eigenvalue weighted by Crippen LogP contribution is 2.35. The zero-order valence-electron chi connectivity index (χ0n) is 19.2. The zero-order chi connectivity index (χ0) is 26.7. The average molecular weight is 530 g/mol. The highest BCUT2D eigenvalue weighted by molar-refractivity contribution is 6.53. The number of anilines is 3. The van der Waals surface area contributed by atoms with Crippen LogP contribution in [0.4, 0.5) is 30.2 Å². The molecule has 0 atom stereocenters. The Morgan fingerprint density at radius 3 is 2.35 bits per heavy atom. The summed E-state index contributed by atoms with van der Waals surface area (Å²) in [5.41, 5.74) is -1.07. The lowest BCUT2D eigenvalue weighted by Crippen LogP contribution is -2.32. The second-order valence-corrected chi connectivity index (χ2v) is 8.14. The molecule has 0 saturated carbocycles. The van der Waals surface area contributed by atoms with Crippen LogP contribution in [0.1, 0.15) is 22.8 Å². The fourth-order valence-electron chi connectivity index (χ4n) is 3.62. The molecule has 0 aromatic heterocycles. The monoisotopic (exact) mass is 529 g/mol. The smallest absolute Gasteiger partial charge is 0.418 e. The normalized spacial score (nSPS) is 13.7. The van der Waals surface area contributed by atoms with Gasteiger partial charge in [0.25, 0.3) is 17.7 Å². The van der Waals surface area contributed by atoms with Crippen molar-refractivity contribution in [2.24, 2.45) is 0 Å². The number of rotatable bonds is 7. The highest BCUT2D eigenvalue weighted by atomic mass is 35.5. The Hall–Kier alpha value is -4.31. The molecule has 190 valence electrons. The predicted molar refractivity (Wildman–Crippen MR) is 132 cm³/mol. The van der Waals surface area contributed by atoms with Gasteiger partial charge in [0.2, 0.25) is 0 Å². The minimum Gasteiger partial charge on any atom is -0.494 e. The summed E-state index contributed by atoms with van der Waals surface area (Å²) in [5, 5.41) is 4.65. The van der Waals surface area contributed by atoms with E-state index in [0.29, 0.717) is 12.4 Å². The van der Waals surface area contributed by atoms with E-state index in [9.17, 15) is 27.6 Å². The van der Waals surface area contributed by atoms with E-state index in [4.69, 9.17) is 16.3 Å². The van der Waals surface area contributed by atoms with Crippen molar-refractivity contribution in [2.45, 2.75) is 13.1 Å². The number of imide groups is 1. The van der Waals surface area contributed by atoms with Gasteiger partial charge >= 0.3 is 6.18 Å². The summed E-state index contributed by atoms with van der Waals surface area (Å²) < 4.78 is 45.1. The van der Waals surface area contributed by atoms with E-state index in [0.717, 1.165) is 17.0 Å². The van der Waals surface area contributed by atoms with Gasteiger partial charge in [-0.1, -0.05) is 29.8 Å². The Morgan fingerprint density at radius 1 is 0.973 bits per heavy atom. The van der Waals surface area contributed by atoms with Gasteiger partial charge in [0, 0.05) is 11.3 Å². The summed E-state index contributed by atoms with van der Waals surface area (Å²) in [4.78, 5) is 39.3. The average Bonchev–Trinajstić information content (AvgIpc) is 3.07. The molecule has 0 radical (unpaired) electrons. The minimum atomic E-state index is -4.65. The van der Waals surface area contributed by atoms with E-state index >= 15 is 0 Å². The number of hydrogen-bond donors (Lipinski definition) is 2. The molecular weight excluding hydrogens is 511 g/mol. The molecule has 4 rings (SSSR count). The van der Waals surface area contributed by atoms with Crippen LogP contribution >= 0.6 is 11.6 Å². The van der Waals surface area contributed by atoms with Crippen LogP contribution in [-0.4, -0.2) is 24.3 Å². The Labute approximate surface area is 214 Å². The summed E-state index contributed by atoms with van der Waals surface area (Å²) in [6.07, 6.45) is -4.65. The third kappa shape index (κ3) is 5.44. The van der Waals surface area contributed by atoms with Crippen LogP contribution in [0.2, 0.25) is 0 Å². The largest absolute Gasteiger partial charge is 0.494 e. The van der Waals surface area contributed by atoms with Gasteiger partial charge in [0.05, 0.1) is 23.5 Å². The number of benzene rings is 3. The fraction of sp³-hybridized carbons (Fsp3) is 0.115. The Morgan fingerprint density at radius 2 is 1.68 bits per heavy atom. The number of ether oxygens (including phenoxy) is 1. The first-order valence-corrected chi connectivity index (χ1v) is 11.3. The minimum absolute atomic E-state index is 0.0128. The predicted octanol–water partition coefficient (Wildman–Crippen LogP) is 5.79. The maximum Gasteiger partial charge on any atom is 0.418 e. The van der Waals surface area contributed by atoms with Crippen LogP contribution in [0.25, 0.3) is 0 Å². The fourth-order valence-corrected chi connectivity index (χ4v) is 3.83. The van der Waals surface area contributed by atoms with Gasteiger partial charge in [-0.05, 0) is 61.5 Å². The molecule has 7 nitrogen and oxygen atoms in total. The summed E-state index contributed by atoms with van der Waals surface area (Å²) in [6.45, 7) is 2.28. The SMILES string of the molecule is CCOc1ccc(N2C(=O)C(Cl)=C(Nc3cccc(C(=O)Nc4ccccc4C(F)(F)F)c3)C2=O)cc1. The van der Waals surface area contributed by atoms with Gasteiger partial charge in [-0.25, -0.2) is 4.90 Å². The van der Waals surface area contributed by atoms with E-state index in [1.807, 2.05) is 6.92 Å². The molecule has 1 heterocycles. The molecule has 1 aliphatic rings. The number of hydrogen-bond acceptors (Lipinski definition) is 5. The number of carbonyl (C=O) groups excluding carboxylic acids is 3. The Bertz CT molecular complexity index is 1400. The first-order valence-electron chi connectivity index (χ1n) is 11.0. The van der Waals surface area contributed by atoms with Crippen molar-refractivity contribution in [3.63, 3.8) is 0 Å². The molecule has 11 heteroatoms. The molecular formula is C26H19ClF3N3O4. The molecule has 0 aliphatic carbocycles. The van der Waals surface area contributed by atoms with E-state index in [2.05, 4.69) is 10.6 Å². The van der Waals surface area contributed by atoms with Gasteiger partial charge in [0.1, 0.15) is 16.5 Å². The van der Waals surface area contributed by atoms with Crippen molar-refractivity contribution in [1.82, 2.24) is 0 Å². The highest BCUT2D eigenvalue weighted by Gasteiger charge is 2.39. The van der Waals surface area contributed by atoms with Gasteiger partial charge in [-0.3, -0.25) is 14.4 Å². The van der Waals surface area contributed by atoms with Crippen LogP contribution in [0.3, 0.4) is 0 Å². The standard InChI is InChI=1S/C26H19ClF3N3O4/c1-2-37-18-12-10-17(11-13-18)33-24(35)21(27)22(25(33)36)31-16-7-5-6-15(14-16)23(34)32-20-9-4-3-8-19(20)26(28,29)30/h3-14,31H,2H2,1H3,(H,32,34). The lowest BCUT2D eigenvalue weighted by molar-refractivity contribution is -0.137. The number of amides is 3. The molecule has 0 bridgehead atoms. The van der Waals surface area contributed by atoms with E-state index in [1.54, 1.807) is 12.1 Å². The summed E-state index contributed by atoms with van der Waals surface area (Å²) in [5.74, 6) is -1.69. The molecule has 0 spiro atoms. The number of para-hydroxylation sites is 1. The molecule has 3 amide bonds. The lowest BCUT2D eigenvalue weighted by Gasteiger charge is -2.16. The van der Waals surface area contributed by atoms with Crippen LogP contribution in [0.15, 0.2) is 83.5 Å². The van der Waals surface area contributed by atoms with E-state index in [-0.39, 0.29) is 27.7 Å². The van der Waals surface area contributed by atoms with Crippen molar-refractivity contribution >= 4 is 46.4 Å². The second kappa shape index (κ2) is 10.4. The molecule has 0 fully saturated rings. The van der Waals surface area contributed by atoms with Crippen LogP contribution in [-0.2, 0) is 15.8 Å². The van der Waals surface area contributed by atoms with Gasteiger partial charge in [-0.2, -0.15) is 13.2 Å². The quantitative estimate of drug-likeness (QED) is 0.378. The van der Waals surface area contributed by atoms with Gasteiger partial charge < -0.3 is 15.4 Å². The van der Waals surface area contributed by atoms with Crippen molar-refractivity contribution in [3.8, 4) is 5.75 Å². The molecule has 37 heavy (non-hydrogen) atoms. The van der Waals surface area contributed by atoms with E-state index < -0.39 is 35.1 Å². The van der Waals surface area contributed by atoms with Crippen LogP contribution in [0, 0.1) is 0 Å². The van der Waals surface area contributed by atoms with E-state index in [1.165, 1.54) is 48.5 Å². The molecule has 3 aromatic carbocycles. The van der Waals surface area contributed by atoms with Crippen LogP contribution in [0.5, 0.6) is 5.75 Å². The zero-order valence-corrected chi connectivity index (χ0v) is 20.0. The third-order valence-electron chi connectivity index (χ3n) is 5.31. The summed E-state index contributed by atoms with van der Waals surface area (Å²) >= 11 is 6.16. The molecule has 0 saturated heterocycles. The maximum atomic E-state index is 13.3. The van der Waals surface area contributed by atoms with Crippen molar-refractivity contribution in [1.29, 1.82) is 0 Å². The third-order valence-corrected chi connectivity index (χ3v) is 5.66. The van der Waals surface area contributed by atoms with Crippen molar-refractivity contribution in [2.75, 3.05) is 22.1 Å². The molecule has 3 aromatic rings.